The van der Waals surface area contributed by atoms with E-state index in [2.05, 4.69) is 19.2 Å². The van der Waals surface area contributed by atoms with Gasteiger partial charge in [-0.1, -0.05) is 32.0 Å². The first-order valence-corrected chi connectivity index (χ1v) is 12.6. The maximum atomic E-state index is 13.3. The number of amides is 1. The first-order valence-electron chi connectivity index (χ1n) is 11.1. The Hall–Kier alpha value is -2.84. The molecule has 3 aromatic rings. The number of carbonyl (C=O) groups excluding carboxylic acids is 1. The molecule has 1 aromatic heterocycles. The van der Waals surface area contributed by atoms with Crippen LogP contribution >= 0.6 is 0 Å². The molecular formula is C25H30N2O5S. The Labute approximate surface area is 194 Å². The van der Waals surface area contributed by atoms with Crippen molar-refractivity contribution in [3.05, 3.63) is 59.4 Å². The van der Waals surface area contributed by atoms with E-state index in [4.69, 9.17) is 9.15 Å². The highest BCUT2D eigenvalue weighted by atomic mass is 32.2. The number of ether oxygens (including phenoxy) is 1. The van der Waals surface area contributed by atoms with Gasteiger partial charge >= 0.3 is 0 Å². The molecule has 0 spiro atoms. The lowest BCUT2D eigenvalue weighted by atomic mass is 9.94. The normalized spacial score (nSPS) is 19.5. The molecule has 0 radical (unpaired) electrons. The molecule has 0 unspecified atom stereocenters. The maximum absolute atomic E-state index is 13.3. The maximum Gasteiger partial charge on any atom is 0.287 e. The standard InChI is InChI=1S/C25H30N2O5S/c1-16-11-17(2)15-27(14-16)33(29,30)20-9-10-23-21(12-20)18(3)24(32-23)25(28)26-13-19-7-5-6-8-22(19)31-4/h5-10,12,16-17H,11,13-15H2,1-4H3,(H,26,28)/t16-,17-/m1/s1. The molecule has 4 rings (SSSR count). The fraction of sp³-hybridized carbons (Fsp3) is 0.400. The van der Waals surface area contributed by atoms with Gasteiger partial charge in [0.25, 0.3) is 5.91 Å². The molecule has 2 atom stereocenters. The van der Waals surface area contributed by atoms with E-state index in [1.165, 1.54) is 0 Å². The predicted octanol–water partition coefficient (Wildman–Crippen LogP) is 4.35. The SMILES string of the molecule is COc1ccccc1CNC(=O)c1oc2ccc(S(=O)(=O)N3C[C@H](C)C[C@@H](C)C3)cc2c1C. The molecule has 1 aliphatic rings. The molecule has 1 amide bonds. The number of rotatable bonds is 6. The molecule has 2 aromatic carbocycles. The van der Waals surface area contributed by atoms with Gasteiger partial charge in [-0.2, -0.15) is 4.31 Å². The topological polar surface area (TPSA) is 88.8 Å². The number of aryl methyl sites for hydroxylation is 1. The average molecular weight is 471 g/mol. The van der Waals surface area contributed by atoms with Crippen LogP contribution in [0.2, 0.25) is 0 Å². The Morgan fingerprint density at radius 3 is 2.55 bits per heavy atom. The fourth-order valence-corrected chi connectivity index (χ4v) is 6.34. The number of hydrogen-bond acceptors (Lipinski definition) is 5. The lowest BCUT2D eigenvalue weighted by Gasteiger charge is -2.34. The molecule has 33 heavy (non-hydrogen) atoms. The number of fused-ring (bicyclic) bond motifs is 1. The van der Waals surface area contributed by atoms with Crippen molar-refractivity contribution in [3.63, 3.8) is 0 Å². The molecule has 2 heterocycles. The molecule has 1 N–H and O–H groups in total. The Balaban J connectivity index is 1.58. The van der Waals surface area contributed by atoms with Gasteiger partial charge in [0.15, 0.2) is 5.76 Å². The number of sulfonamides is 1. The lowest BCUT2D eigenvalue weighted by Crippen LogP contribution is -2.42. The summed E-state index contributed by atoms with van der Waals surface area (Å²) < 4.78 is 39.3. The first kappa shape index (κ1) is 23.3. The zero-order valence-corrected chi connectivity index (χ0v) is 20.2. The zero-order chi connectivity index (χ0) is 23.8. The molecule has 8 heteroatoms. The first-order chi connectivity index (χ1) is 15.7. The minimum Gasteiger partial charge on any atom is -0.496 e. The molecule has 0 saturated carbocycles. The van der Waals surface area contributed by atoms with Gasteiger partial charge in [-0.25, -0.2) is 8.42 Å². The van der Waals surface area contributed by atoms with Gasteiger partial charge in [-0.15, -0.1) is 0 Å². The summed E-state index contributed by atoms with van der Waals surface area (Å²) in [5.41, 5.74) is 1.94. The summed E-state index contributed by atoms with van der Waals surface area (Å²) in [6.07, 6.45) is 1.03. The molecular weight excluding hydrogens is 440 g/mol. The van der Waals surface area contributed by atoms with Crippen molar-refractivity contribution in [1.29, 1.82) is 0 Å². The van der Waals surface area contributed by atoms with Crippen LogP contribution in [0.1, 0.15) is 41.9 Å². The van der Waals surface area contributed by atoms with Crippen molar-refractivity contribution < 1.29 is 22.4 Å². The van der Waals surface area contributed by atoms with Gasteiger partial charge < -0.3 is 14.5 Å². The van der Waals surface area contributed by atoms with E-state index >= 15 is 0 Å². The van der Waals surface area contributed by atoms with Gasteiger partial charge in [-0.05, 0) is 49.4 Å². The van der Waals surface area contributed by atoms with Gasteiger partial charge in [0.2, 0.25) is 10.0 Å². The van der Waals surface area contributed by atoms with E-state index < -0.39 is 10.0 Å². The Morgan fingerprint density at radius 2 is 1.85 bits per heavy atom. The number of benzene rings is 2. The van der Waals surface area contributed by atoms with Crippen molar-refractivity contribution >= 4 is 26.9 Å². The zero-order valence-electron chi connectivity index (χ0n) is 19.4. The van der Waals surface area contributed by atoms with E-state index in [0.29, 0.717) is 47.2 Å². The number of para-hydroxylation sites is 1. The highest BCUT2D eigenvalue weighted by Crippen LogP contribution is 2.31. The van der Waals surface area contributed by atoms with Crippen LogP contribution in [0, 0.1) is 18.8 Å². The summed E-state index contributed by atoms with van der Waals surface area (Å²) in [4.78, 5) is 13.1. The Bertz CT molecular complexity index is 1270. The quantitative estimate of drug-likeness (QED) is 0.579. The van der Waals surface area contributed by atoms with Gasteiger partial charge in [-0.3, -0.25) is 4.79 Å². The third-order valence-corrected chi connectivity index (χ3v) is 8.05. The summed E-state index contributed by atoms with van der Waals surface area (Å²) in [6, 6.07) is 12.3. The second-order valence-corrected chi connectivity index (χ2v) is 10.9. The number of hydrogen-bond donors (Lipinski definition) is 1. The highest BCUT2D eigenvalue weighted by molar-refractivity contribution is 7.89. The van der Waals surface area contributed by atoms with Crippen molar-refractivity contribution in [2.75, 3.05) is 20.2 Å². The van der Waals surface area contributed by atoms with Gasteiger partial charge in [0.1, 0.15) is 11.3 Å². The van der Waals surface area contributed by atoms with E-state index in [-0.39, 0.29) is 23.1 Å². The molecule has 1 aliphatic heterocycles. The fourth-order valence-electron chi connectivity index (χ4n) is 4.63. The van der Waals surface area contributed by atoms with E-state index in [1.807, 2.05) is 24.3 Å². The minimum atomic E-state index is -3.62. The van der Waals surface area contributed by atoms with Gasteiger partial charge in [0.05, 0.1) is 12.0 Å². The molecule has 1 saturated heterocycles. The summed E-state index contributed by atoms with van der Waals surface area (Å²) >= 11 is 0. The number of piperidine rings is 1. The number of furan rings is 1. The van der Waals surface area contributed by atoms with Crippen LogP contribution in [0.25, 0.3) is 11.0 Å². The molecule has 7 nitrogen and oxygen atoms in total. The van der Waals surface area contributed by atoms with Crippen LogP contribution in [0.3, 0.4) is 0 Å². The van der Waals surface area contributed by atoms with Crippen molar-refractivity contribution in [1.82, 2.24) is 9.62 Å². The third kappa shape index (κ3) is 4.63. The monoisotopic (exact) mass is 470 g/mol. The number of nitrogens with one attached hydrogen (secondary N) is 1. The molecule has 1 fully saturated rings. The summed E-state index contributed by atoms with van der Waals surface area (Å²) in [6.45, 7) is 7.25. The summed E-state index contributed by atoms with van der Waals surface area (Å²) in [5.74, 6) is 1.14. The van der Waals surface area contributed by atoms with Crippen LogP contribution in [-0.2, 0) is 16.6 Å². The smallest absolute Gasteiger partial charge is 0.287 e. The minimum absolute atomic E-state index is 0.176. The van der Waals surface area contributed by atoms with Crippen LogP contribution in [0.5, 0.6) is 5.75 Å². The second kappa shape index (κ2) is 9.19. The van der Waals surface area contributed by atoms with Gasteiger partial charge in [0, 0.05) is 36.1 Å². The third-order valence-electron chi connectivity index (χ3n) is 6.22. The van der Waals surface area contributed by atoms with Crippen LogP contribution in [0.4, 0.5) is 0 Å². The Morgan fingerprint density at radius 1 is 1.15 bits per heavy atom. The van der Waals surface area contributed by atoms with Crippen molar-refractivity contribution in [3.8, 4) is 5.75 Å². The Kier molecular flexibility index (Phi) is 6.50. The predicted molar refractivity (Wildman–Crippen MR) is 127 cm³/mol. The van der Waals surface area contributed by atoms with Crippen LogP contribution < -0.4 is 10.1 Å². The average Bonchev–Trinajstić information content (AvgIpc) is 3.13. The molecule has 0 bridgehead atoms. The summed E-state index contributed by atoms with van der Waals surface area (Å²) in [5, 5.41) is 3.48. The largest absolute Gasteiger partial charge is 0.496 e. The molecule has 0 aliphatic carbocycles. The number of methoxy groups -OCH3 is 1. The van der Waals surface area contributed by atoms with Crippen molar-refractivity contribution in [2.45, 2.75) is 38.6 Å². The summed E-state index contributed by atoms with van der Waals surface area (Å²) in [7, 11) is -2.04. The molecule has 176 valence electrons. The van der Waals surface area contributed by atoms with Crippen LogP contribution in [-0.4, -0.2) is 38.8 Å². The second-order valence-electron chi connectivity index (χ2n) is 8.98. The number of carbonyl (C=O) groups is 1. The van der Waals surface area contributed by atoms with Crippen molar-refractivity contribution in [2.24, 2.45) is 11.8 Å². The number of nitrogens with zero attached hydrogens (tertiary/aromatic N) is 1. The van der Waals surface area contributed by atoms with E-state index in [9.17, 15) is 13.2 Å². The lowest BCUT2D eigenvalue weighted by molar-refractivity contribution is 0.0924. The van der Waals surface area contributed by atoms with Crippen LogP contribution in [0.15, 0.2) is 51.8 Å². The van der Waals surface area contributed by atoms with E-state index in [0.717, 1.165) is 12.0 Å². The van der Waals surface area contributed by atoms with E-state index in [1.54, 1.807) is 36.5 Å². The highest BCUT2D eigenvalue weighted by Gasteiger charge is 2.32.